The Hall–Kier alpha value is -2.73. The van der Waals surface area contributed by atoms with E-state index in [4.69, 9.17) is 12.2 Å². The van der Waals surface area contributed by atoms with Crippen molar-refractivity contribution in [2.45, 2.75) is 12.1 Å². The molecule has 1 aromatic carbocycles. The zero-order valence-electron chi connectivity index (χ0n) is 13.6. The van der Waals surface area contributed by atoms with Crippen molar-refractivity contribution in [2.24, 2.45) is 0 Å². The van der Waals surface area contributed by atoms with Crippen molar-refractivity contribution in [3.8, 4) is 5.69 Å². The summed E-state index contributed by atoms with van der Waals surface area (Å²) in [4.78, 5) is 6.54. The third kappa shape index (κ3) is 2.78. The second kappa shape index (κ2) is 6.29. The van der Waals surface area contributed by atoms with Crippen LogP contribution in [-0.2, 0) is 0 Å². The van der Waals surface area contributed by atoms with E-state index in [0.29, 0.717) is 5.11 Å². The van der Waals surface area contributed by atoms with Gasteiger partial charge in [0.2, 0.25) is 0 Å². The first-order valence-corrected chi connectivity index (χ1v) is 8.43. The first-order valence-electron chi connectivity index (χ1n) is 8.02. The standard InChI is InChI=1S/C19H17FN4S/c1-23-18(17(22-19(23)25)15-5-2-3-11-21-15)16-6-4-12-24(16)14-9-7-13(20)8-10-14/h2-12,17-18H,1H3,(H,22,25)/t17-,18-/m0/s1. The quantitative estimate of drug-likeness (QED) is 0.730. The molecule has 2 aromatic heterocycles. The van der Waals surface area contributed by atoms with Gasteiger partial charge < -0.3 is 14.8 Å². The number of hydrogen-bond acceptors (Lipinski definition) is 2. The van der Waals surface area contributed by atoms with Gasteiger partial charge in [0.25, 0.3) is 0 Å². The van der Waals surface area contributed by atoms with E-state index < -0.39 is 0 Å². The lowest BCUT2D eigenvalue weighted by Crippen LogP contribution is -2.25. The van der Waals surface area contributed by atoms with Gasteiger partial charge in [-0.05, 0) is 60.7 Å². The fourth-order valence-corrected chi connectivity index (χ4v) is 3.54. The number of nitrogens with zero attached hydrogens (tertiary/aromatic N) is 3. The van der Waals surface area contributed by atoms with Crippen molar-refractivity contribution in [1.82, 2.24) is 19.8 Å². The molecule has 3 heterocycles. The molecule has 0 aliphatic carbocycles. The molecule has 1 aliphatic heterocycles. The zero-order chi connectivity index (χ0) is 17.4. The van der Waals surface area contributed by atoms with E-state index in [9.17, 15) is 4.39 Å². The summed E-state index contributed by atoms with van der Waals surface area (Å²) in [6, 6.07) is 16.3. The summed E-state index contributed by atoms with van der Waals surface area (Å²) in [5.74, 6) is -0.246. The smallest absolute Gasteiger partial charge is 0.169 e. The fourth-order valence-electron chi connectivity index (χ4n) is 3.30. The Balaban J connectivity index is 1.78. The first kappa shape index (κ1) is 15.8. The van der Waals surface area contributed by atoms with E-state index in [1.807, 2.05) is 42.4 Å². The van der Waals surface area contributed by atoms with Crippen molar-refractivity contribution in [2.75, 3.05) is 7.05 Å². The molecule has 1 aliphatic rings. The van der Waals surface area contributed by atoms with Crippen molar-refractivity contribution >= 4 is 17.3 Å². The lowest BCUT2D eigenvalue weighted by molar-refractivity contribution is 0.357. The summed E-state index contributed by atoms with van der Waals surface area (Å²) in [6.45, 7) is 0. The number of nitrogens with one attached hydrogen (secondary N) is 1. The van der Waals surface area contributed by atoms with Crippen LogP contribution in [0.25, 0.3) is 5.69 Å². The van der Waals surface area contributed by atoms with Gasteiger partial charge in [-0.25, -0.2) is 4.39 Å². The molecule has 0 unspecified atom stereocenters. The maximum atomic E-state index is 13.3. The molecule has 1 fully saturated rings. The molecule has 4 nitrogen and oxygen atoms in total. The average Bonchev–Trinajstić information content (AvgIpc) is 3.22. The Labute approximate surface area is 150 Å². The van der Waals surface area contributed by atoms with Gasteiger partial charge in [-0.1, -0.05) is 6.07 Å². The molecule has 25 heavy (non-hydrogen) atoms. The molecule has 2 atom stereocenters. The number of hydrogen-bond donors (Lipinski definition) is 1. The number of halogens is 1. The van der Waals surface area contributed by atoms with Crippen molar-refractivity contribution in [3.05, 3.63) is 84.2 Å². The Kier molecular flexibility index (Phi) is 3.97. The van der Waals surface area contributed by atoms with Crippen LogP contribution >= 0.6 is 12.2 Å². The van der Waals surface area contributed by atoms with Crippen LogP contribution in [-0.4, -0.2) is 26.6 Å². The van der Waals surface area contributed by atoms with Gasteiger partial charge in [0.1, 0.15) is 5.82 Å². The molecular weight excluding hydrogens is 335 g/mol. The second-order valence-electron chi connectivity index (χ2n) is 6.02. The highest BCUT2D eigenvalue weighted by Gasteiger charge is 2.39. The summed E-state index contributed by atoms with van der Waals surface area (Å²) < 4.78 is 15.3. The van der Waals surface area contributed by atoms with E-state index in [1.165, 1.54) is 12.1 Å². The van der Waals surface area contributed by atoms with Crippen LogP contribution in [0.5, 0.6) is 0 Å². The third-order valence-electron chi connectivity index (χ3n) is 4.53. The summed E-state index contributed by atoms with van der Waals surface area (Å²) in [7, 11) is 1.98. The number of rotatable bonds is 3. The highest BCUT2D eigenvalue weighted by molar-refractivity contribution is 7.80. The summed E-state index contributed by atoms with van der Waals surface area (Å²) >= 11 is 5.48. The number of thiocarbonyl (C=S) groups is 1. The van der Waals surface area contributed by atoms with Gasteiger partial charge in [0.15, 0.2) is 5.11 Å². The SMILES string of the molecule is CN1C(=S)N[C@@H](c2ccccn2)[C@@H]1c1cccn1-c1ccc(F)cc1. The lowest BCUT2D eigenvalue weighted by atomic mass is 10.0. The van der Waals surface area contributed by atoms with Crippen molar-refractivity contribution in [1.29, 1.82) is 0 Å². The Morgan fingerprint density at radius 2 is 1.88 bits per heavy atom. The molecule has 6 heteroatoms. The van der Waals surface area contributed by atoms with Crippen LogP contribution in [0.1, 0.15) is 23.5 Å². The molecule has 1 saturated heterocycles. The molecule has 0 saturated carbocycles. The first-order chi connectivity index (χ1) is 12.1. The molecule has 3 aromatic rings. The predicted molar refractivity (Wildman–Crippen MR) is 98.9 cm³/mol. The van der Waals surface area contributed by atoms with Crippen LogP contribution in [0.4, 0.5) is 4.39 Å². The molecule has 4 rings (SSSR count). The molecule has 0 amide bonds. The number of pyridine rings is 1. The number of aromatic nitrogens is 2. The highest BCUT2D eigenvalue weighted by Crippen LogP contribution is 2.38. The Bertz CT molecular complexity index is 891. The average molecular weight is 352 g/mol. The maximum Gasteiger partial charge on any atom is 0.169 e. The predicted octanol–water partition coefficient (Wildman–Crippen LogP) is 3.61. The Morgan fingerprint density at radius 3 is 2.60 bits per heavy atom. The maximum absolute atomic E-state index is 13.3. The fraction of sp³-hybridized carbons (Fsp3) is 0.158. The van der Waals surface area contributed by atoms with Gasteiger partial charge in [-0.2, -0.15) is 0 Å². The third-order valence-corrected chi connectivity index (χ3v) is 4.93. The topological polar surface area (TPSA) is 33.1 Å². The van der Waals surface area contributed by atoms with Gasteiger partial charge in [0.05, 0.1) is 17.8 Å². The van der Waals surface area contributed by atoms with Gasteiger partial charge >= 0.3 is 0 Å². The minimum atomic E-state index is -0.246. The van der Waals surface area contributed by atoms with Gasteiger partial charge in [0, 0.05) is 30.8 Å². The minimum absolute atomic E-state index is 0.0116. The molecular formula is C19H17FN4S. The normalized spacial score (nSPS) is 19.9. The van der Waals surface area contributed by atoms with E-state index >= 15 is 0 Å². The number of benzene rings is 1. The molecule has 0 bridgehead atoms. The lowest BCUT2D eigenvalue weighted by Gasteiger charge is -2.25. The van der Waals surface area contributed by atoms with E-state index in [0.717, 1.165) is 17.1 Å². The molecule has 126 valence electrons. The van der Waals surface area contributed by atoms with E-state index in [-0.39, 0.29) is 17.9 Å². The van der Waals surface area contributed by atoms with Crippen LogP contribution < -0.4 is 5.32 Å². The Morgan fingerprint density at radius 1 is 1.08 bits per heavy atom. The summed E-state index contributed by atoms with van der Waals surface area (Å²) in [6.07, 6.45) is 3.77. The zero-order valence-corrected chi connectivity index (χ0v) is 14.4. The van der Waals surface area contributed by atoms with Crippen LogP contribution in [0.3, 0.4) is 0 Å². The van der Waals surface area contributed by atoms with Crippen molar-refractivity contribution < 1.29 is 4.39 Å². The molecule has 0 radical (unpaired) electrons. The van der Waals surface area contributed by atoms with Gasteiger partial charge in [-0.3, -0.25) is 4.98 Å². The highest BCUT2D eigenvalue weighted by atomic mass is 32.1. The molecule has 1 N–H and O–H groups in total. The number of likely N-dealkylation sites (N-methyl/N-ethyl adjacent to an activating group) is 1. The summed E-state index contributed by atoms with van der Waals surface area (Å²) in [5, 5.41) is 4.06. The monoisotopic (exact) mass is 352 g/mol. The largest absolute Gasteiger partial charge is 0.352 e. The van der Waals surface area contributed by atoms with Crippen LogP contribution in [0.2, 0.25) is 0 Å². The minimum Gasteiger partial charge on any atom is -0.352 e. The van der Waals surface area contributed by atoms with E-state index in [1.54, 1.807) is 18.3 Å². The van der Waals surface area contributed by atoms with Crippen molar-refractivity contribution in [3.63, 3.8) is 0 Å². The second-order valence-corrected chi connectivity index (χ2v) is 6.40. The van der Waals surface area contributed by atoms with Crippen LogP contribution in [0.15, 0.2) is 67.0 Å². The van der Waals surface area contributed by atoms with Gasteiger partial charge in [-0.15, -0.1) is 0 Å². The van der Waals surface area contributed by atoms with Crippen LogP contribution in [0, 0.1) is 5.82 Å². The summed E-state index contributed by atoms with van der Waals surface area (Å²) in [5.41, 5.74) is 2.91. The van der Waals surface area contributed by atoms with E-state index in [2.05, 4.69) is 20.9 Å². The molecule has 0 spiro atoms.